The standard InChI is InChI=1S/C15H15F4N5O5S2/c16-10-5-7(4-9(11(10)17)13(18)19)21-14(22-26)12-15(24-29-23-12)30-3-1-2-8(25)6-31(20,27)28/h4-5,13,26H,1-3,6H2,(H,21,22)(H2,20,27,28). The molecule has 0 fully saturated rings. The van der Waals surface area contributed by atoms with E-state index in [0.29, 0.717) is 12.1 Å². The summed E-state index contributed by atoms with van der Waals surface area (Å²) in [6.45, 7) is 0. The summed E-state index contributed by atoms with van der Waals surface area (Å²) in [5, 5.41) is 21.2. The highest BCUT2D eigenvalue weighted by atomic mass is 32.2. The van der Waals surface area contributed by atoms with Gasteiger partial charge >= 0.3 is 0 Å². The van der Waals surface area contributed by atoms with E-state index in [2.05, 4.69) is 19.9 Å². The number of aromatic nitrogens is 2. The first kappa shape index (κ1) is 24.7. The number of alkyl halides is 2. The minimum atomic E-state index is -3.91. The Hall–Kier alpha value is -2.56. The van der Waals surface area contributed by atoms with Crippen LogP contribution in [-0.4, -0.2) is 47.1 Å². The Morgan fingerprint density at radius 1 is 1.32 bits per heavy atom. The van der Waals surface area contributed by atoms with Crippen molar-refractivity contribution < 1.29 is 40.6 Å². The predicted molar refractivity (Wildman–Crippen MR) is 99.7 cm³/mol. The molecule has 0 unspecified atom stereocenters. The van der Waals surface area contributed by atoms with Gasteiger partial charge in [0.1, 0.15) is 11.5 Å². The lowest BCUT2D eigenvalue weighted by atomic mass is 10.2. The Morgan fingerprint density at radius 2 is 2.03 bits per heavy atom. The molecule has 0 amide bonds. The van der Waals surface area contributed by atoms with Crippen molar-refractivity contribution in [2.45, 2.75) is 24.3 Å². The maximum atomic E-state index is 13.6. The molecule has 1 aromatic heterocycles. The lowest BCUT2D eigenvalue weighted by Gasteiger charge is -2.06. The van der Waals surface area contributed by atoms with Crippen molar-refractivity contribution in [3.8, 4) is 0 Å². The van der Waals surface area contributed by atoms with Gasteiger partial charge < -0.3 is 0 Å². The molecule has 0 saturated heterocycles. The number of amidine groups is 1. The summed E-state index contributed by atoms with van der Waals surface area (Å²) < 4.78 is 78.9. The third-order valence-electron chi connectivity index (χ3n) is 3.51. The fourth-order valence-electron chi connectivity index (χ4n) is 2.23. The minimum Gasteiger partial charge on any atom is -0.299 e. The molecule has 0 aliphatic heterocycles. The number of hydrogen-bond acceptors (Lipinski definition) is 9. The second-order valence-corrected chi connectivity index (χ2v) is 8.62. The van der Waals surface area contributed by atoms with E-state index in [-0.39, 0.29) is 29.3 Å². The van der Waals surface area contributed by atoms with E-state index in [4.69, 9.17) is 5.14 Å². The number of nitrogens with two attached hydrogens (primary N) is 1. The summed E-state index contributed by atoms with van der Waals surface area (Å²) in [6.07, 6.45) is -3.13. The number of carbonyl (C=O) groups is 1. The number of primary sulfonamides is 1. The van der Waals surface area contributed by atoms with E-state index in [1.54, 1.807) is 5.48 Å². The second-order valence-electron chi connectivity index (χ2n) is 5.92. The lowest BCUT2D eigenvalue weighted by molar-refractivity contribution is -0.116. The molecule has 1 aromatic carbocycles. The average molecular weight is 485 g/mol. The van der Waals surface area contributed by atoms with E-state index >= 15 is 0 Å². The molecular weight excluding hydrogens is 470 g/mol. The third-order valence-corrected chi connectivity index (χ3v) is 5.27. The molecule has 170 valence electrons. The summed E-state index contributed by atoms with van der Waals surface area (Å²) in [6, 6.07) is 1.13. The average Bonchev–Trinajstić information content (AvgIpc) is 3.12. The fraction of sp³-hybridized carbons (Fsp3) is 0.333. The lowest BCUT2D eigenvalue weighted by Crippen LogP contribution is -2.23. The molecule has 1 heterocycles. The molecule has 0 radical (unpaired) electrons. The first-order valence-corrected chi connectivity index (χ1v) is 11.0. The van der Waals surface area contributed by atoms with Crippen LogP contribution < -0.4 is 10.6 Å². The van der Waals surface area contributed by atoms with Crippen LogP contribution >= 0.6 is 11.8 Å². The van der Waals surface area contributed by atoms with Gasteiger partial charge in [-0.15, -0.1) is 11.8 Å². The number of ketones is 1. The van der Waals surface area contributed by atoms with Crippen LogP contribution in [0.1, 0.15) is 30.5 Å². The number of aliphatic imine (C=N–C) groups is 1. The highest BCUT2D eigenvalue weighted by Crippen LogP contribution is 2.29. The maximum Gasteiger partial charge on any atom is 0.266 e. The summed E-state index contributed by atoms with van der Waals surface area (Å²) in [5.74, 6) is -4.85. The smallest absolute Gasteiger partial charge is 0.266 e. The number of halogens is 4. The van der Waals surface area contributed by atoms with Crippen molar-refractivity contribution in [2.24, 2.45) is 10.1 Å². The monoisotopic (exact) mass is 485 g/mol. The molecular formula is C15H15F4N5O5S2. The summed E-state index contributed by atoms with van der Waals surface area (Å²) >= 11 is 0.995. The number of nitrogens with one attached hydrogen (secondary N) is 1. The zero-order valence-electron chi connectivity index (χ0n) is 15.4. The number of carbonyl (C=O) groups excluding carboxylic acids is 1. The van der Waals surface area contributed by atoms with Gasteiger partial charge in [0.15, 0.2) is 28.2 Å². The normalized spacial score (nSPS) is 12.4. The Morgan fingerprint density at radius 3 is 2.65 bits per heavy atom. The van der Waals surface area contributed by atoms with Crippen LogP contribution in [0.3, 0.4) is 0 Å². The minimum absolute atomic E-state index is 0.0656. The first-order valence-electron chi connectivity index (χ1n) is 8.25. The molecule has 10 nitrogen and oxygen atoms in total. The molecule has 0 spiro atoms. The Balaban J connectivity index is 2.13. The van der Waals surface area contributed by atoms with Crippen LogP contribution in [0.5, 0.6) is 0 Å². The number of nitrogens with zero attached hydrogens (tertiary/aromatic N) is 3. The topological polar surface area (TPSA) is 161 Å². The Labute approximate surface area is 176 Å². The van der Waals surface area contributed by atoms with Gasteiger partial charge in [-0.3, -0.25) is 15.5 Å². The van der Waals surface area contributed by atoms with Crippen LogP contribution in [0.2, 0.25) is 0 Å². The van der Waals surface area contributed by atoms with Crippen molar-refractivity contribution in [1.82, 2.24) is 15.8 Å². The van der Waals surface area contributed by atoms with Gasteiger partial charge in [0.2, 0.25) is 10.0 Å². The molecule has 0 aliphatic carbocycles. The van der Waals surface area contributed by atoms with E-state index < -0.39 is 56.7 Å². The summed E-state index contributed by atoms with van der Waals surface area (Å²) in [5.41, 5.74) is -0.189. The highest BCUT2D eigenvalue weighted by molar-refractivity contribution is 7.99. The quantitative estimate of drug-likeness (QED) is 0.114. The molecule has 0 bridgehead atoms. The molecule has 31 heavy (non-hydrogen) atoms. The van der Waals surface area contributed by atoms with Gasteiger partial charge in [0, 0.05) is 18.2 Å². The molecule has 0 aliphatic rings. The van der Waals surface area contributed by atoms with Crippen LogP contribution in [0, 0.1) is 11.6 Å². The molecule has 4 N–H and O–H groups in total. The van der Waals surface area contributed by atoms with E-state index in [1.165, 1.54) is 0 Å². The van der Waals surface area contributed by atoms with Gasteiger partial charge in [0.05, 0.1) is 11.3 Å². The third kappa shape index (κ3) is 7.27. The Bertz CT molecular complexity index is 1080. The predicted octanol–water partition coefficient (Wildman–Crippen LogP) is 2.07. The number of rotatable bonds is 10. The van der Waals surface area contributed by atoms with Crippen molar-refractivity contribution in [2.75, 3.05) is 11.5 Å². The molecule has 0 saturated carbocycles. The number of benzene rings is 1. The fourth-order valence-corrected chi connectivity index (χ4v) is 3.67. The number of hydrogen-bond donors (Lipinski definition) is 3. The molecule has 2 rings (SSSR count). The van der Waals surface area contributed by atoms with Crippen LogP contribution in [0.25, 0.3) is 0 Å². The SMILES string of the molecule is NS(=O)(=O)CC(=O)CCCSc1nonc1C(=Nc1cc(F)c(F)c(C(F)F)c1)NO. The number of hydroxylamine groups is 1. The van der Waals surface area contributed by atoms with Gasteiger partial charge in [-0.2, -0.15) is 0 Å². The summed E-state index contributed by atoms with van der Waals surface area (Å²) in [7, 11) is -3.91. The van der Waals surface area contributed by atoms with Gasteiger partial charge in [-0.05, 0) is 22.8 Å². The molecule has 0 atom stereocenters. The zero-order valence-corrected chi connectivity index (χ0v) is 17.0. The van der Waals surface area contributed by atoms with Crippen molar-refractivity contribution >= 4 is 39.1 Å². The van der Waals surface area contributed by atoms with Gasteiger partial charge in [-0.25, -0.2) is 40.7 Å². The number of thioether (sulfide) groups is 1. The van der Waals surface area contributed by atoms with Crippen LogP contribution in [-0.2, 0) is 14.8 Å². The van der Waals surface area contributed by atoms with Crippen molar-refractivity contribution in [3.05, 3.63) is 35.0 Å². The van der Waals surface area contributed by atoms with Crippen LogP contribution in [0.4, 0.5) is 23.2 Å². The maximum absolute atomic E-state index is 13.6. The zero-order chi connectivity index (χ0) is 23.2. The van der Waals surface area contributed by atoms with Crippen molar-refractivity contribution in [1.29, 1.82) is 0 Å². The summed E-state index contributed by atoms with van der Waals surface area (Å²) in [4.78, 5) is 15.2. The number of sulfonamides is 1. The van der Waals surface area contributed by atoms with E-state index in [1.807, 2.05) is 0 Å². The van der Waals surface area contributed by atoms with Crippen molar-refractivity contribution in [3.63, 3.8) is 0 Å². The first-order chi connectivity index (χ1) is 14.5. The Kier molecular flexibility index (Phi) is 8.49. The van der Waals surface area contributed by atoms with Gasteiger partial charge in [0.25, 0.3) is 6.43 Å². The van der Waals surface area contributed by atoms with Crippen LogP contribution in [0.15, 0.2) is 26.8 Å². The number of Topliss-reactive ketones (excluding diaryl/α,β-unsaturated/α-hetero) is 1. The highest BCUT2D eigenvalue weighted by Gasteiger charge is 2.21. The largest absolute Gasteiger partial charge is 0.299 e. The molecule has 16 heteroatoms. The van der Waals surface area contributed by atoms with E-state index in [0.717, 1.165) is 11.8 Å². The van der Waals surface area contributed by atoms with E-state index in [9.17, 15) is 36.0 Å². The van der Waals surface area contributed by atoms with Gasteiger partial charge in [-0.1, -0.05) is 0 Å². The second kappa shape index (κ2) is 10.7. The molecule has 2 aromatic rings.